The number of nitrogens with two attached hydrogens (primary N) is 1. The molecule has 2 heterocycles. The van der Waals surface area contributed by atoms with Gasteiger partial charge in [0.15, 0.2) is 0 Å². The third-order valence-electron chi connectivity index (χ3n) is 3.73. The molecular weight excluding hydrogens is 210 g/mol. The van der Waals surface area contributed by atoms with Crippen LogP contribution in [0.2, 0.25) is 0 Å². The Hall–Kier alpha value is -1.32. The van der Waals surface area contributed by atoms with E-state index >= 15 is 0 Å². The van der Waals surface area contributed by atoms with Crippen molar-refractivity contribution in [2.24, 2.45) is 5.73 Å². The van der Waals surface area contributed by atoms with Gasteiger partial charge in [0.2, 0.25) is 0 Å². The number of benzene rings is 1. The molecule has 3 heteroatoms. The van der Waals surface area contributed by atoms with Gasteiger partial charge in [0.25, 0.3) is 0 Å². The summed E-state index contributed by atoms with van der Waals surface area (Å²) in [6, 6.07) is 4.68. The summed E-state index contributed by atoms with van der Waals surface area (Å²) in [5, 5.41) is 1.34. The lowest BCUT2D eigenvalue weighted by atomic mass is 10.1. The highest BCUT2D eigenvalue weighted by Crippen LogP contribution is 2.30. The average molecular weight is 229 g/mol. The Morgan fingerprint density at radius 1 is 1.24 bits per heavy atom. The molecule has 1 aromatic heterocycles. The zero-order chi connectivity index (χ0) is 12.0. The first-order chi connectivity index (χ1) is 8.22. The predicted octanol–water partition coefficient (Wildman–Crippen LogP) is 2.07. The molecule has 0 fully saturated rings. The zero-order valence-corrected chi connectivity index (χ0v) is 10.5. The van der Waals surface area contributed by atoms with E-state index in [-0.39, 0.29) is 0 Å². The molecule has 3 nitrogen and oxygen atoms in total. The second-order valence-corrected chi connectivity index (χ2v) is 4.95. The highest BCUT2D eigenvalue weighted by Gasteiger charge is 2.18. The van der Waals surface area contributed by atoms with Crippen LogP contribution in [0.5, 0.6) is 0 Å². The lowest BCUT2D eigenvalue weighted by Crippen LogP contribution is -2.07. The monoisotopic (exact) mass is 229 g/mol. The molecule has 0 saturated heterocycles. The number of fused-ring (bicyclic) bond motifs is 2. The summed E-state index contributed by atoms with van der Waals surface area (Å²) in [4.78, 5) is 2.35. The van der Waals surface area contributed by atoms with E-state index in [1.807, 2.05) is 0 Å². The number of aromatic nitrogens is 1. The summed E-state index contributed by atoms with van der Waals surface area (Å²) >= 11 is 0. The van der Waals surface area contributed by atoms with Crippen molar-refractivity contribution in [3.63, 3.8) is 0 Å². The second-order valence-electron chi connectivity index (χ2n) is 4.95. The van der Waals surface area contributed by atoms with E-state index in [0.717, 1.165) is 19.6 Å². The predicted molar refractivity (Wildman–Crippen MR) is 70.7 cm³/mol. The molecule has 0 amide bonds. The minimum atomic E-state index is 0.623. The van der Waals surface area contributed by atoms with Gasteiger partial charge in [-0.05, 0) is 42.8 Å². The second kappa shape index (κ2) is 3.86. The van der Waals surface area contributed by atoms with E-state index in [2.05, 4.69) is 41.8 Å². The molecule has 0 aliphatic carbocycles. The Morgan fingerprint density at radius 3 is 2.59 bits per heavy atom. The van der Waals surface area contributed by atoms with Crippen LogP contribution in [0.25, 0.3) is 10.9 Å². The maximum atomic E-state index is 5.83. The Labute approximate surface area is 102 Å². The summed E-state index contributed by atoms with van der Waals surface area (Å²) in [5.41, 5.74) is 11.4. The van der Waals surface area contributed by atoms with E-state index in [9.17, 15) is 0 Å². The topological polar surface area (TPSA) is 34.2 Å². The van der Waals surface area contributed by atoms with Crippen LogP contribution in [0, 0.1) is 0 Å². The Morgan fingerprint density at radius 2 is 1.94 bits per heavy atom. The van der Waals surface area contributed by atoms with Crippen molar-refractivity contribution in [2.75, 3.05) is 7.05 Å². The zero-order valence-electron chi connectivity index (χ0n) is 10.5. The van der Waals surface area contributed by atoms with E-state index in [0.29, 0.717) is 6.54 Å². The van der Waals surface area contributed by atoms with Crippen LogP contribution in [0.15, 0.2) is 18.3 Å². The Bertz CT molecular complexity index is 520. The van der Waals surface area contributed by atoms with Crippen LogP contribution < -0.4 is 5.73 Å². The van der Waals surface area contributed by atoms with Crippen LogP contribution in [-0.4, -0.2) is 16.5 Å². The van der Waals surface area contributed by atoms with E-state index < -0.39 is 0 Å². The van der Waals surface area contributed by atoms with Gasteiger partial charge in [-0.3, -0.25) is 4.90 Å². The third-order valence-corrected chi connectivity index (χ3v) is 3.73. The molecule has 1 aliphatic rings. The van der Waals surface area contributed by atoms with Gasteiger partial charge in [0, 0.05) is 43.3 Å². The summed E-state index contributed by atoms with van der Waals surface area (Å²) < 4.78 is 2.30. The maximum absolute atomic E-state index is 5.83. The summed E-state index contributed by atoms with van der Waals surface area (Å²) in [7, 11) is 2.17. The molecule has 0 unspecified atom stereocenters. The fourth-order valence-electron chi connectivity index (χ4n) is 2.85. The number of hydrogen-bond acceptors (Lipinski definition) is 2. The maximum Gasteiger partial charge on any atom is 0.0487 e. The van der Waals surface area contributed by atoms with Crippen LogP contribution in [-0.2, 0) is 26.2 Å². The molecule has 2 aromatic rings. The normalized spacial score (nSPS) is 15.7. The lowest BCUT2D eigenvalue weighted by Gasteiger charge is -2.03. The van der Waals surface area contributed by atoms with Crippen molar-refractivity contribution in [3.8, 4) is 0 Å². The van der Waals surface area contributed by atoms with Crippen LogP contribution in [0.4, 0.5) is 0 Å². The fourth-order valence-corrected chi connectivity index (χ4v) is 2.85. The molecule has 1 aromatic carbocycles. The van der Waals surface area contributed by atoms with Crippen LogP contribution in [0.3, 0.4) is 0 Å². The minimum Gasteiger partial charge on any atom is -0.347 e. The Kier molecular flexibility index (Phi) is 2.45. The van der Waals surface area contributed by atoms with Crippen LogP contribution >= 0.6 is 0 Å². The van der Waals surface area contributed by atoms with Gasteiger partial charge in [-0.15, -0.1) is 0 Å². The largest absolute Gasteiger partial charge is 0.347 e. The van der Waals surface area contributed by atoms with Gasteiger partial charge >= 0.3 is 0 Å². The van der Waals surface area contributed by atoms with Gasteiger partial charge in [-0.1, -0.05) is 0 Å². The van der Waals surface area contributed by atoms with Gasteiger partial charge in [0.1, 0.15) is 0 Å². The minimum absolute atomic E-state index is 0.623. The molecule has 3 rings (SSSR count). The molecule has 1 aliphatic heterocycles. The third kappa shape index (κ3) is 1.58. The molecule has 0 radical (unpaired) electrons. The summed E-state index contributed by atoms with van der Waals surface area (Å²) in [6.45, 7) is 5.94. The molecule has 0 saturated carbocycles. The van der Waals surface area contributed by atoms with Crippen molar-refractivity contribution < 1.29 is 0 Å². The number of hydrogen-bond donors (Lipinski definition) is 1. The van der Waals surface area contributed by atoms with Gasteiger partial charge < -0.3 is 10.3 Å². The van der Waals surface area contributed by atoms with Crippen LogP contribution in [0.1, 0.15) is 23.6 Å². The molecule has 17 heavy (non-hydrogen) atoms. The molecule has 0 atom stereocenters. The summed E-state index contributed by atoms with van der Waals surface area (Å²) in [6.07, 6.45) is 2.20. The number of nitrogens with zero attached hydrogens (tertiary/aromatic N) is 2. The first-order valence-electron chi connectivity index (χ1n) is 6.25. The SMILES string of the molecule is CCn1cc(CN)c2cc3c(cc21)CN(C)C3. The molecule has 0 bridgehead atoms. The smallest absolute Gasteiger partial charge is 0.0487 e. The van der Waals surface area contributed by atoms with E-state index in [1.165, 1.54) is 27.6 Å². The first kappa shape index (κ1) is 10.8. The van der Waals surface area contributed by atoms with Crippen molar-refractivity contribution in [1.82, 2.24) is 9.47 Å². The Balaban J connectivity index is 2.25. The van der Waals surface area contributed by atoms with Gasteiger partial charge in [-0.2, -0.15) is 0 Å². The van der Waals surface area contributed by atoms with Gasteiger partial charge in [0.05, 0.1) is 0 Å². The molecular formula is C14H19N3. The van der Waals surface area contributed by atoms with Crippen molar-refractivity contribution in [3.05, 3.63) is 35.0 Å². The first-order valence-corrected chi connectivity index (χ1v) is 6.25. The quantitative estimate of drug-likeness (QED) is 0.855. The number of rotatable bonds is 2. The highest BCUT2D eigenvalue weighted by molar-refractivity contribution is 5.85. The number of aryl methyl sites for hydroxylation is 1. The average Bonchev–Trinajstić information content (AvgIpc) is 2.84. The molecule has 2 N–H and O–H groups in total. The lowest BCUT2D eigenvalue weighted by molar-refractivity contribution is 0.353. The van der Waals surface area contributed by atoms with E-state index in [1.54, 1.807) is 0 Å². The highest BCUT2D eigenvalue weighted by atomic mass is 15.1. The molecule has 90 valence electrons. The van der Waals surface area contributed by atoms with E-state index in [4.69, 9.17) is 5.73 Å². The molecule has 0 spiro atoms. The van der Waals surface area contributed by atoms with Crippen molar-refractivity contribution >= 4 is 10.9 Å². The van der Waals surface area contributed by atoms with Crippen molar-refractivity contribution in [1.29, 1.82) is 0 Å². The van der Waals surface area contributed by atoms with Crippen molar-refractivity contribution in [2.45, 2.75) is 33.1 Å². The van der Waals surface area contributed by atoms with Gasteiger partial charge in [-0.25, -0.2) is 0 Å². The standard InChI is InChI=1S/C14H19N3/c1-3-17-9-12(6-15)13-4-10-7-16(2)8-11(10)5-14(13)17/h4-5,9H,3,6-8,15H2,1-2H3. The summed E-state index contributed by atoms with van der Waals surface area (Å²) in [5.74, 6) is 0. The fraction of sp³-hybridized carbons (Fsp3) is 0.429.